The zero-order valence-corrected chi connectivity index (χ0v) is 12.2. The van der Waals surface area contributed by atoms with Gasteiger partial charge >= 0.3 is 6.03 Å². The molecule has 1 atom stereocenters. The number of nitrogens with zero attached hydrogens (tertiary/aromatic N) is 3. The molecule has 0 radical (unpaired) electrons. The normalized spacial score (nSPS) is 18.2. The molecule has 2 heterocycles. The molecule has 0 saturated carbocycles. The minimum absolute atomic E-state index is 0.106. The summed E-state index contributed by atoms with van der Waals surface area (Å²) < 4.78 is 3.72. The highest BCUT2D eigenvalue weighted by Gasteiger charge is 2.28. The van der Waals surface area contributed by atoms with E-state index in [0.717, 1.165) is 23.6 Å². The van der Waals surface area contributed by atoms with Crippen molar-refractivity contribution in [2.24, 2.45) is 0 Å². The number of nitrogens with one attached hydrogen (secondary N) is 1. The quantitative estimate of drug-likeness (QED) is 0.926. The predicted molar refractivity (Wildman–Crippen MR) is 79.3 cm³/mol. The molecule has 0 bridgehead atoms. The van der Waals surface area contributed by atoms with E-state index in [2.05, 4.69) is 14.9 Å². The lowest BCUT2D eigenvalue weighted by molar-refractivity contribution is 0.222. The Morgan fingerprint density at radius 2 is 2.30 bits per heavy atom. The average molecular weight is 309 g/mol. The topological polar surface area (TPSA) is 58.1 Å². The van der Waals surface area contributed by atoms with E-state index in [0.29, 0.717) is 17.5 Å². The molecule has 1 aliphatic heterocycles. The van der Waals surface area contributed by atoms with Gasteiger partial charge in [-0.1, -0.05) is 34.3 Å². The van der Waals surface area contributed by atoms with Gasteiger partial charge in [0, 0.05) is 35.6 Å². The fraction of sp³-hybridized carbons (Fsp3) is 0.308. The molecule has 1 saturated heterocycles. The van der Waals surface area contributed by atoms with Crippen molar-refractivity contribution >= 4 is 34.2 Å². The molecular formula is C13H13ClN4OS. The van der Waals surface area contributed by atoms with Gasteiger partial charge in [0.25, 0.3) is 0 Å². The van der Waals surface area contributed by atoms with Crippen LogP contribution >= 0.6 is 23.1 Å². The summed E-state index contributed by atoms with van der Waals surface area (Å²) in [5, 5.41) is 7.92. The van der Waals surface area contributed by atoms with Crippen LogP contribution in [0.4, 0.5) is 9.80 Å². The van der Waals surface area contributed by atoms with Crippen LogP contribution in [0.15, 0.2) is 30.5 Å². The SMILES string of the molecule is O=C(Nc1cnns1)N1CC[C@H](c2ccccc2Cl)C1. The second-order valence-electron chi connectivity index (χ2n) is 4.67. The van der Waals surface area contributed by atoms with Crippen LogP contribution in [-0.4, -0.2) is 33.6 Å². The van der Waals surface area contributed by atoms with Gasteiger partial charge in [0.2, 0.25) is 0 Å². The number of carbonyl (C=O) groups is 1. The number of hydrogen-bond donors (Lipinski definition) is 1. The summed E-state index contributed by atoms with van der Waals surface area (Å²) in [6.45, 7) is 1.41. The van der Waals surface area contributed by atoms with E-state index in [1.54, 1.807) is 11.1 Å². The molecule has 0 aliphatic carbocycles. The van der Waals surface area contributed by atoms with Gasteiger partial charge in [-0.3, -0.25) is 5.32 Å². The molecule has 1 fully saturated rings. The molecule has 20 heavy (non-hydrogen) atoms. The third kappa shape index (κ3) is 2.76. The lowest BCUT2D eigenvalue weighted by Gasteiger charge is -2.17. The number of likely N-dealkylation sites (tertiary alicyclic amines) is 1. The average Bonchev–Trinajstić information content (AvgIpc) is 3.10. The molecular weight excluding hydrogens is 296 g/mol. The summed E-state index contributed by atoms with van der Waals surface area (Å²) in [7, 11) is 0. The zero-order valence-electron chi connectivity index (χ0n) is 10.6. The Hall–Kier alpha value is -1.66. The number of anilines is 1. The summed E-state index contributed by atoms with van der Waals surface area (Å²) in [5.41, 5.74) is 1.11. The minimum Gasteiger partial charge on any atom is -0.324 e. The van der Waals surface area contributed by atoms with Crippen LogP contribution in [0.25, 0.3) is 0 Å². The molecule has 0 spiro atoms. The standard InChI is InChI=1S/C13H13ClN4OS/c14-11-4-2-1-3-10(11)9-5-6-18(8-9)13(19)16-12-7-15-17-20-12/h1-4,7,9H,5-6,8H2,(H,16,19)/t9-/m0/s1. The Kier molecular flexibility index (Phi) is 3.84. The fourth-order valence-corrected chi connectivity index (χ4v) is 3.11. The molecule has 7 heteroatoms. The number of halogens is 1. The molecule has 2 amide bonds. The second kappa shape index (κ2) is 5.76. The minimum atomic E-state index is -0.106. The van der Waals surface area contributed by atoms with Crippen molar-refractivity contribution in [1.82, 2.24) is 14.5 Å². The maximum Gasteiger partial charge on any atom is 0.322 e. The third-order valence-corrected chi connectivity index (χ3v) is 4.34. The smallest absolute Gasteiger partial charge is 0.322 e. The fourth-order valence-electron chi connectivity index (χ4n) is 2.41. The van der Waals surface area contributed by atoms with Gasteiger partial charge in [0.1, 0.15) is 5.00 Å². The van der Waals surface area contributed by atoms with Crippen molar-refractivity contribution in [3.63, 3.8) is 0 Å². The van der Waals surface area contributed by atoms with Crippen LogP contribution < -0.4 is 5.32 Å². The second-order valence-corrected chi connectivity index (χ2v) is 5.86. The van der Waals surface area contributed by atoms with Gasteiger partial charge in [-0.25, -0.2) is 4.79 Å². The number of aromatic nitrogens is 2. The molecule has 1 aromatic carbocycles. The van der Waals surface area contributed by atoms with E-state index < -0.39 is 0 Å². The van der Waals surface area contributed by atoms with Gasteiger partial charge < -0.3 is 4.90 Å². The number of urea groups is 1. The van der Waals surface area contributed by atoms with Crippen molar-refractivity contribution in [1.29, 1.82) is 0 Å². The first-order valence-electron chi connectivity index (χ1n) is 6.32. The Bertz CT molecular complexity index is 604. The van der Waals surface area contributed by atoms with E-state index in [1.807, 2.05) is 24.3 Å². The van der Waals surface area contributed by atoms with Crippen molar-refractivity contribution in [3.05, 3.63) is 41.0 Å². The number of hydrogen-bond acceptors (Lipinski definition) is 4. The van der Waals surface area contributed by atoms with E-state index >= 15 is 0 Å². The highest BCUT2D eigenvalue weighted by molar-refractivity contribution is 7.10. The van der Waals surface area contributed by atoms with Gasteiger partial charge in [-0.15, -0.1) is 5.10 Å². The Balaban J connectivity index is 1.65. The summed E-state index contributed by atoms with van der Waals surface area (Å²) in [4.78, 5) is 13.9. The zero-order chi connectivity index (χ0) is 13.9. The molecule has 0 unspecified atom stereocenters. The molecule has 104 valence electrons. The summed E-state index contributed by atoms with van der Waals surface area (Å²) >= 11 is 7.38. The van der Waals surface area contributed by atoms with Crippen LogP contribution in [-0.2, 0) is 0 Å². The van der Waals surface area contributed by atoms with E-state index in [9.17, 15) is 4.79 Å². The van der Waals surface area contributed by atoms with Gasteiger partial charge in [-0.05, 0) is 18.1 Å². The summed E-state index contributed by atoms with van der Waals surface area (Å²) in [5.74, 6) is 0.300. The molecule has 2 aromatic rings. The first-order chi connectivity index (χ1) is 9.74. The van der Waals surface area contributed by atoms with Crippen LogP contribution in [0.5, 0.6) is 0 Å². The molecule has 1 aliphatic rings. The van der Waals surface area contributed by atoms with Gasteiger partial charge in [-0.2, -0.15) is 0 Å². The van der Waals surface area contributed by atoms with Crippen molar-refractivity contribution in [2.45, 2.75) is 12.3 Å². The third-order valence-electron chi connectivity index (χ3n) is 3.41. The molecule has 5 nitrogen and oxygen atoms in total. The van der Waals surface area contributed by atoms with E-state index in [-0.39, 0.29) is 6.03 Å². The Labute approximate surface area is 125 Å². The maximum absolute atomic E-state index is 12.1. The van der Waals surface area contributed by atoms with Crippen molar-refractivity contribution in [3.8, 4) is 0 Å². The Morgan fingerprint density at radius 3 is 3.05 bits per heavy atom. The predicted octanol–water partition coefficient (Wildman–Crippen LogP) is 3.21. The lowest BCUT2D eigenvalue weighted by atomic mass is 9.98. The van der Waals surface area contributed by atoms with Crippen LogP contribution in [0.3, 0.4) is 0 Å². The van der Waals surface area contributed by atoms with Gasteiger partial charge in [0.05, 0.1) is 6.20 Å². The van der Waals surface area contributed by atoms with E-state index in [1.165, 1.54) is 11.5 Å². The van der Waals surface area contributed by atoms with Gasteiger partial charge in [0.15, 0.2) is 0 Å². The largest absolute Gasteiger partial charge is 0.324 e. The number of benzene rings is 1. The van der Waals surface area contributed by atoms with Crippen LogP contribution in [0.2, 0.25) is 5.02 Å². The molecule has 1 aromatic heterocycles. The van der Waals surface area contributed by atoms with Crippen LogP contribution in [0.1, 0.15) is 17.9 Å². The molecule has 1 N–H and O–H groups in total. The van der Waals surface area contributed by atoms with Crippen molar-refractivity contribution in [2.75, 3.05) is 18.4 Å². The summed E-state index contributed by atoms with van der Waals surface area (Å²) in [6, 6.07) is 7.71. The molecule has 3 rings (SSSR count). The highest BCUT2D eigenvalue weighted by Crippen LogP contribution is 2.32. The number of amides is 2. The summed E-state index contributed by atoms with van der Waals surface area (Å²) in [6.07, 6.45) is 2.47. The van der Waals surface area contributed by atoms with Crippen molar-refractivity contribution < 1.29 is 4.79 Å². The van der Waals surface area contributed by atoms with E-state index in [4.69, 9.17) is 11.6 Å². The first-order valence-corrected chi connectivity index (χ1v) is 7.47. The monoisotopic (exact) mass is 308 g/mol. The Morgan fingerprint density at radius 1 is 1.45 bits per heavy atom. The number of rotatable bonds is 2. The maximum atomic E-state index is 12.1. The van der Waals surface area contributed by atoms with Crippen LogP contribution in [0, 0.1) is 0 Å². The first kappa shape index (κ1) is 13.3. The number of carbonyl (C=O) groups excluding carboxylic acids is 1. The highest BCUT2D eigenvalue weighted by atomic mass is 35.5. The lowest BCUT2D eigenvalue weighted by Crippen LogP contribution is -2.32.